The number of anilines is 1. The van der Waals surface area contributed by atoms with Crippen LogP contribution in [0.25, 0.3) is 0 Å². The largest absolute Gasteiger partial charge is 0.366 e. The average molecular weight is 263 g/mol. The normalized spacial score (nSPS) is 16.6. The van der Waals surface area contributed by atoms with Crippen molar-refractivity contribution in [2.75, 3.05) is 31.6 Å². The van der Waals surface area contributed by atoms with Gasteiger partial charge in [-0.2, -0.15) is 0 Å². The highest BCUT2D eigenvalue weighted by atomic mass is 16.6. The molecule has 1 fully saturated rings. The molecule has 1 aromatic carbocycles. The fraction of sp³-hybridized carbons (Fsp3) is 0.571. The molecular weight excluding hydrogens is 242 g/mol. The van der Waals surface area contributed by atoms with Gasteiger partial charge in [0.2, 0.25) is 0 Å². The number of nitro groups is 1. The summed E-state index contributed by atoms with van der Waals surface area (Å²) in [5.74, 6) is 0.685. The van der Waals surface area contributed by atoms with E-state index in [-0.39, 0.29) is 10.6 Å². The number of rotatable bonds is 4. The Bertz CT molecular complexity index is 454. The molecule has 19 heavy (non-hydrogen) atoms. The fourth-order valence-electron chi connectivity index (χ4n) is 2.80. The number of nitrogens with zero attached hydrogens (tertiary/aromatic N) is 2. The highest BCUT2D eigenvalue weighted by Crippen LogP contribution is 2.33. The maximum absolute atomic E-state index is 11.2. The second kappa shape index (κ2) is 6.02. The van der Waals surface area contributed by atoms with Crippen molar-refractivity contribution in [1.82, 2.24) is 5.32 Å². The lowest BCUT2D eigenvalue weighted by atomic mass is 9.96. The van der Waals surface area contributed by atoms with Crippen molar-refractivity contribution in [2.24, 2.45) is 5.92 Å². The van der Waals surface area contributed by atoms with E-state index in [0.29, 0.717) is 5.92 Å². The quantitative estimate of drug-likeness (QED) is 0.669. The minimum Gasteiger partial charge on any atom is -0.366 e. The van der Waals surface area contributed by atoms with Crippen LogP contribution in [0.1, 0.15) is 18.4 Å². The van der Waals surface area contributed by atoms with Crippen LogP contribution in [0.4, 0.5) is 11.4 Å². The fourth-order valence-corrected chi connectivity index (χ4v) is 2.80. The Morgan fingerprint density at radius 3 is 2.68 bits per heavy atom. The van der Waals surface area contributed by atoms with Gasteiger partial charge in [-0.1, -0.05) is 12.1 Å². The molecule has 1 saturated heterocycles. The summed E-state index contributed by atoms with van der Waals surface area (Å²) in [4.78, 5) is 13.1. The minimum absolute atomic E-state index is 0.259. The van der Waals surface area contributed by atoms with E-state index in [1.807, 2.05) is 19.2 Å². The second-order valence-electron chi connectivity index (χ2n) is 5.19. The van der Waals surface area contributed by atoms with E-state index in [1.54, 1.807) is 13.0 Å². The molecule has 0 saturated carbocycles. The van der Waals surface area contributed by atoms with E-state index in [2.05, 4.69) is 10.2 Å². The van der Waals surface area contributed by atoms with Gasteiger partial charge >= 0.3 is 0 Å². The van der Waals surface area contributed by atoms with E-state index in [4.69, 9.17) is 0 Å². The number of hydrogen-bond acceptors (Lipinski definition) is 4. The van der Waals surface area contributed by atoms with Crippen LogP contribution >= 0.6 is 0 Å². The minimum atomic E-state index is -0.260. The Labute approximate surface area is 113 Å². The third-order valence-electron chi connectivity index (χ3n) is 3.85. The molecule has 0 radical (unpaired) electrons. The van der Waals surface area contributed by atoms with Gasteiger partial charge in [-0.3, -0.25) is 10.1 Å². The average Bonchev–Trinajstić information content (AvgIpc) is 2.39. The topological polar surface area (TPSA) is 58.4 Å². The summed E-state index contributed by atoms with van der Waals surface area (Å²) in [5.41, 5.74) is 1.77. The maximum Gasteiger partial charge on any atom is 0.295 e. The van der Waals surface area contributed by atoms with Crippen molar-refractivity contribution < 1.29 is 4.92 Å². The molecule has 0 spiro atoms. The van der Waals surface area contributed by atoms with E-state index in [1.165, 1.54) is 0 Å². The predicted octanol–water partition coefficient (Wildman–Crippen LogP) is 2.34. The van der Waals surface area contributed by atoms with Crippen molar-refractivity contribution in [3.05, 3.63) is 33.9 Å². The molecule has 2 rings (SSSR count). The molecule has 5 nitrogen and oxygen atoms in total. The first kappa shape index (κ1) is 13.8. The molecule has 1 heterocycles. The van der Waals surface area contributed by atoms with Crippen LogP contribution in [-0.4, -0.2) is 31.6 Å². The zero-order valence-corrected chi connectivity index (χ0v) is 11.6. The molecule has 0 amide bonds. The van der Waals surface area contributed by atoms with Gasteiger partial charge in [0.05, 0.1) is 4.92 Å². The molecule has 1 aliphatic heterocycles. The van der Waals surface area contributed by atoms with Crippen LogP contribution in [0.3, 0.4) is 0 Å². The predicted molar refractivity (Wildman–Crippen MR) is 76.7 cm³/mol. The lowest BCUT2D eigenvalue weighted by Crippen LogP contribution is -2.37. The molecule has 0 atom stereocenters. The first-order valence-electron chi connectivity index (χ1n) is 6.77. The first-order chi connectivity index (χ1) is 9.13. The van der Waals surface area contributed by atoms with Gasteiger partial charge in [0.1, 0.15) is 5.69 Å². The number of nitro benzene ring substituents is 1. The second-order valence-corrected chi connectivity index (χ2v) is 5.19. The Morgan fingerprint density at radius 2 is 2.11 bits per heavy atom. The third kappa shape index (κ3) is 3.04. The monoisotopic (exact) mass is 263 g/mol. The number of nitrogens with one attached hydrogen (secondary N) is 1. The zero-order chi connectivity index (χ0) is 13.8. The molecule has 104 valence electrons. The lowest BCUT2D eigenvalue weighted by molar-refractivity contribution is -0.384. The first-order valence-corrected chi connectivity index (χ1v) is 6.77. The smallest absolute Gasteiger partial charge is 0.295 e. The van der Waals surface area contributed by atoms with E-state index in [0.717, 1.165) is 43.7 Å². The molecule has 1 N–H and O–H groups in total. The van der Waals surface area contributed by atoms with Crippen LogP contribution in [0, 0.1) is 23.0 Å². The van der Waals surface area contributed by atoms with Gasteiger partial charge in [-0.25, -0.2) is 0 Å². The van der Waals surface area contributed by atoms with Crippen molar-refractivity contribution in [3.63, 3.8) is 0 Å². The number of benzene rings is 1. The highest BCUT2D eigenvalue weighted by molar-refractivity contribution is 5.66. The number of aryl methyl sites for hydroxylation is 1. The molecule has 0 aromatic heterocycles. The number of para-hydroxylation sites is 1. The van der Waals surface area contributed by atoms with Gasteiger partial charge in [0.15, 0.2) is 0 Å². The lowest BCUT2D eigenvalue weighted by Gasteiger charge is -2.33. The Balaban J connectivity index is 2.15. The van der Waals surface area contributed by atoms with E-state index >= 15 is 0 Å². The van der Waals surface area contributed by atoms with Gasteiger partial charge in [0.25, 0.3) is 5.69 Å². The summed E-state index contributed by atoms with van der Waals surface area (Å²) in [6, 6.07) is 5.57. The van der Waals surface area contributed by atoms with Crippen LogP contribution < -0.4 is 10.2 Å². The number of piperidine rings is 1. The molecule has 1 aromatic rings. The molecule has 1 aliphatic rings. The molecule has 0 bridgehead atoms. The molecule has 5 heteroatoms. The van der Waals surface area contributed by atoms with Gasteiger partial charge in [-0.15, -0.1) is 0 Å². The molecular formula is C14H21N3O2. The Hall–Kier alpha value is -1.62. The zero-order valence-electron chi connectivity index (χ0n) is 11.6. The third-order valence-corrected chi connectivity index (χ3v) is 3.85. The number of hydrogen-bond donors (Lipinski definition) is 1. The summed E-state index contributed by atoms with van der Waals surface area (Å²) < 4.78 is 0. The summed E-state index contributed by atoms with van der Waals surface area (Å²) in [5, 5.41) is 14.4. The summed E-state index contributed by atoms with van der Waals surface area (Å²) in [6.07, 6.45) is 2.18. The standard InChI is InChI=1S/C14H21N3O2/c1-11-4-3-5-13(14(11)17(18)19)16-8-6-12(7-9-16)10-15-2/h3-5,12,15H,6-10H2,1-2H3. The van der Waals surface area contributed by atoms with Crippen molar-refractivity contribution in [3.8, 4) is 0 Å². The molecule has 0 unspecified atom stereocenters. The van der Waals surface area contributed by atoms with Crippen molar-refractivity contribution in [1.29, 1.82) is 0 Å². The van der Waals surface area contributed by atoms with Crippen molar-refractivity contribution in [2.45, 2.75) is 19.8 Å². The Kier molecular flexibility index (Phi) is 4.37. The SMILES string of the molecule is CNCC1CCN(c2cccc(C)c2[N+](=O)[O-])CC1. The van der Waals surface area contributed by atoms with Gasteiger partial charge in [-0.05, 0) is 45.3 Å². The molecule has 0 aliphatic carbocycles. The summed E-state index contributed by atoms with van der Waals surface area (Å²) >= 11 is 0. The highest BCUT2D eigenvalue weighted by Gasteiger charge is 2.25. The maximum atomic E-state index is 11.2. The van der Waals surface area contributed by atoms with Gasteiger partial charge < -0.3 is 10.2 Å². The summed E-state index contributed by atoms with van der Waals surface area (Å²) in [7, 11) is 1.97. The summed E-state index contributed by atoms with van der Waals surface area (Å²) in [6.45, 7) is 4.63. The van der Waals surface area contributed by atoms with Crippen LogP contribution in [0.15, 0.2) is 18.2 Å². The van der Waals surface area contributed by atoms with E-state index in [9.17, 15) is 10.1 Å². The van der Waals surface area contributed by atoms with Crippen molar-refractivity contribution >= 4 is 11.4 Å². The Morgan fingerprint density at radius 1 is 1.42 bits per heavy atom. The van der Waals surface area contributed by atoms with E-state index < -0.39 is 0 Å². The van der Waals surface area contributed by atoms with Gasteiger partial charge in [0, 0.05) is 18.7 Å². The van der Waals surface area contributed by atoms with Crippen LogP contribution in [0.2, 0.25) is 0 Å². The van der Waals surface area contributed by atoms with Crippen LogP contribution in [-0.2, 0) is 0 Å². The van der Waals surface area contributed by atoms with Crippen LogP contribution in [0.5, 0.6) is 0 Å².